The average molecular weight is 409 g/mol. The molecule has 0 saturated heterocycles. The van der Waals surface area contributed by atoms with E-state index in [2.05, 4.69) is 9.47 Å². The van der Waals surface area contributed by atoms with Crippen molar-refractivity contribution in [3.8, 4) is 17.2 Å². The smallest absolute Gasteiger partial charge is 0.387 e. The number of nitrogens with zero attached hydrogens (tertiary/aromatic N) is 1. The molecule has 2 aromatic carbocycles. The van der Waals surface area contributed by atoms with Crippen molar-refractivity contribution in [3.63, 3.8) is 0 Å². The highest BCUT2D eigenvalue weighted by Crippen LogP contribution is 2.26. The Kier molecular flexibility index (Phi) is 7.76. The normalized spacial score (nSPS) is 10.4. The molecule has 156 valence electrons. The number of amides is 1. The lowest BCUT2D eigenvalue weighted by Gasteiger charge is -2.23. The predicted octanol–water partition coefficient (Wildman–Crippen LogP) is 3.12. The first-order chi connectivity index (χ1) is 13.9. The molecule has 0 saturated carbocycles. The second-order valence-electron chi connectivity index (χ2n) is 5.83. The Bertz CT molecular complexity index is 836. The molecule has 0 aromatic heterocycles. The van der Waals surface area contributed by atoms with E-state index in [4.69, 9.17) is 9.47 Å². The number of benzene rings is 2. The topological polar surface area (TPSA) is 74.3 Å². The molecule has 0 radical (unpaired) electrons. The molecule has 0 heterocycles. The molecule has 2 aromatic rings. The van der Waals surface area contributed by atoms with Crippen molar-refractivity contribution in [3.05, 3.63) is 53.6 Å². The monoisotopic (exact) mass is 409 g/mol. The largest absolute Gasteiger partial charge is 0.497 e. The number of rotatable bonds is 9. The molecular weight excluding hydrogens is 388 g/mol. The first kappa shape index (κ1) is 21.9. The highest BCUT2D eigenvalue weighted by molar-refractivity contribution is 5.98. The Morgan fingerprint density at radius 2 is 1.62 bits per heavy atom. The van der Waals surface area contributed by atoms with Gasteiger partial charge >= 0.3 is 12.6 Å². The number of esters is 1. The van der Waals surface area contributed by atoms with Gasteiger partial charge in [-0.15, -0.1) is 0 Å². The van der Waals surface area contributed by atoms with E-state index in [-0.39, 0.29) is 17.9 Å². The van der Waals surface area contributed by atoms with Crippen LogP contribution >= 0.6 is 0 Å². The second kappa shape index (κ2) is 10.3. The van der Waals surface area contributed by atoms with E-state index in [0.29, 0.717) is 17.1 Å². The van der Waals surface area contributed by atoms with Gasteiger partial charge in [-0.05, 0) is 29.8 Å². The first-order valence-corrected chi connectivity index (χ1v) is 8.49. The Morgan fingerprint density at radius 3 is 2.17 bits per heavy atom. The fourth-order valence-corrected chi connectivity index (χ4v) is 2.61. The lowest BCUT2D eigenvalue weighted by atomic mass is 10.1. The van der Waals surface area contributed by atoms with Crippen LogP contribution in [0.15, 0.2) is 42.5 Å². The zero-order valence-corrected chi connectivity index (χ0v) is 16.2. The van der Waals surface area contributed by atoms with Crippen LogP contribution < -0.4 is 14.2 Å². The van der Waals surface area contributed by atoms with E-state index >= 15 is 0 Å². The molecule has 2 rings (SSSR count). The van der Waals surface area contributed by atoms with Crippen LogP contribution in [0.25, 0.3) is 0 Å². The summed E-state index contributed by atoms with van der Waals surface area (Å²) < 4.78 is 44.9. The molecular formula is C20H21F2NO6. The lowest BCUT2D eigenvalue weighted by Crippen LogP contribution is -2.36. The number of para-hydroxylation sites is 1. The van der Waals surface area contributed by atoms with Crippen LogP contribution in [-0.2, 0) is 16.1 Å². The van der Waals surface area contributed by atoms with Crippen LogP contribution in [0.2, 0.25) is 0 Å². The minimum Gasteiger partial charge on any atom is -0.497 e. The summed E-state index contributed by atoms with van der Waals surface area (Å²) in [5.74, 6) is -0.642. The lowest BCUT2D eigenvalue weighted by molar-refractivity contribution is -0.141. The number of ether oxygens (including phenoxy) is 4. The fraction of sp³-hybridized carbons (Fsp3) is 0.300. The molecule has 7 nitrogen and oxygen atoms in total. The van der Waals surface area contributed by atoms with Gasteiger partial charge in [-0.25, -0.2) is 0 Å². The van der Waals surface area contributed by atoms with E-state index in [1.807, 2.05) is 0 Å². The summed E-state index contributed by atoms with van der Waals surface area (Å²) in [5, 5.41) is 0. The summed E-state index contributed by atoms with van der Waals surface area (Å²) in [7, 11) is 4.15. The number of hydrogen-bond acceptors (Lipinski definition) is 6. The van der Waals surface area contributed by atoms with Crippen molar-refractivity contribution in [2.45, 2.75) is 13.2 Å². The van der Waals surface area contributed by atoms with Crippen LogP contribution in [0, 0.1) is 0 Å². The fourth-order valence-electron chi connectivity index (χ4n) is 2.61. The van der Waals surface area contributed by atoms with Gasteiger partial charge in [0.25, 0.3) is 5.91 Å². The van der Waals surface area contributed by atoms with Crippen molar-refractivity contribution < 1.29 is 37.3 Å². The summed E-state index contributed by atoms with van der Waals surface area (Å²) in [5.41, 5.74) is 0.497. The maximum Gasteiger partial charge on any atom is 0.387 e. The van der Waals surface area contributed by atoms with Crippen LogP contribution in [0.5, 0.6) is 17.2 Å². The quantitative estimate of drug-likeness (QED) is 0.593. The predicted molar refractivity (Wildman–Crippen MR) is 99.4 cm³/mol. The van der Waals surface area contributed by atoms with Crippen LogP contribution in [0.4, 0.5) is 8.78 Å². The Morgan fingerprint density at radius 1 is 1.00 bits per heavy atom. The standard InChI is InChI=1S/C20H21F2NO6/c1-26-14-8-13(9-15(10-14)27-2)11-23(12-18(24)28-3)19(25)16-6-4-5-7-17(16)29-20(21)22/h4-10,20H,11-12H2,1-3H3. The minimum absolute atomic E-state index is 0.0233. The molecule has 0 bridgehead atoms. The van der Waals surface area contributed by atoms with Crippen molar-refractivity contribution in [2.75, 3.05) is 27.9 Å². The Labute approximate surface area is 166 Å². The molecule has 29 heavy (non-hydrogen) atoms. The summed E-state index contributed by atoms with van der Waals surface area (Å²) in [4.78, 5) is 26.0. The number of halogens is 2. The maximum atomic E-state index is 13.0. The van der Waals surface area contributed by atoms with Gasteiger partial charge in [0.2, 0.25) is 0 Å². The SMILES string of the molecule is COC(=O)CN(Cc1cc(OC)cc(OC)c1)C(=O)c1ccccc1OC(F)F. The number of alkyl halides is 2. The minimum atomic E-state index is -3.10. The Hall–Kier alpha value is -3.36. The number of carbonyl (C=O) groups is 2. The van der Waals surface area contributed by atoms with Gasteiger partial charge in [-0.1, -0.05) is 12.1 Å². The first-order valence-electron chi connectivity index (χ1n) is 8.49. The summed E-state index contributed by atoms with van der Waals surface area (Å²) >= 11 is 0. The van der Waals surface area contributed by atoms with Crippen LogP contribution in [-0.4, -0.2) is 51.3 Å². The molecule has 9 heteroatoms. The molecule has 0 fully saturated rings. The van der Waals surface area contributed by atoms with Crippen molar-refractivity contribution >= 4 is 11.9 Å². The molecule has 0 aliphatic heterocycles. The molecule has 0 unspecified atom stereocenters. The highest BCUT2D eigenvalue weighted by atomic mass is 19.3. The molecule has 0 spiro atoms. The molecule has 0 aliphatic rings. The van der Waals surface area contributed by atoms with Crippen molar-refractivity contribution in [1.82, 2.24) is 4.90 Å². The number of methoxy groups -OCH3 is 3. The van der Waals surface area contributed by atoms with Crippen LogP contribution in [0.1, 0.15) is 15.9 Å². The molecule has 0 atom stereocenters. The summed E-state index contributed by atoms with van der Waals surface area (Å²) in [6, 6.07) is 10.6. The van der Waals surface area contributed by atoms with E-state index < -0.39 is 25.0 Å². The number of hydrogen-bond donors (Lipinski definition) is 0. The second-order valence-corrected chi connectivity index (χ2v) is 5.83. The van der Waals surface area contributed by atoms with Gasteiger partial charge in [0, 0.05) is 12.6 Å². The van der Waals surface area contributed by atoms with E-state index in [1.54, 1.807) is 18.2 Å². The van der Waals surface area contributed by atoms with Gasteiger partial charge < -0.3 is 23.8 Å². The van der Waals surface area contributed by atoms with Gasteiger partial charge in [0.05, 0.1) is 26.9 Å². The van der Waals surface area contributed by atoms with E-state index in [9.17, 15) is 18.4 Å². The van der Waals surface area contributed by atoms with Crippen molar-refractivity contribution in [2.24, 2.45) is 0 Å². The third-order valence-electron chi connectivity index (χ3n) is 3.95. The zero-order chi connectivity index (χ0) is 21.4. The molecule has 0 N–H and O–H groups in total. The van der Waals surface area contributed by atoms with Gasteiger partial charge in [0.1, 0.15) is 23.8 Å². The van der Waals surface area contributed by atoms with Gasteiger partial charge in [-0.2, -0.15) is 8.78 Å². The molecule has 0 aliphatic carbocycles. The van der Waals surface area contributed by atoms with Gasteiger partial charge in [-0.3, -0.25) is 9.59 Å². The zero-order valence-electron chi connectivity index (χ0n) is 16.2. The summed E-state index contributed by atoms with van der Waals surface area (Å²) in [6.45, 7) is -3.51. The van der Waals surface area contributed by atoms with Crippen LogP contribution in [0.3, 0.4) is 0 Å². The Balaban J connectivity index is 2.39. The van der Waals surface area contributed by atoms with Gasteiger partial charge in [0.15, 0.2) is 0 Å². The summed E-state index contributed by atoms with van der Waals surface area (Å²) in [6.07, 6.45) is 0. The average Bonchev–Trinajstić information content (AvgIpc) is 2.72. The maximum absolute atomic E-state index is 13.0. The highest BCUT2D eigenvalue weighted by Gasteiger charge is 2.24. The molecule has 1 amide bonds. The van der Waals surface area contributed by atoms with E-state index in [1.165, 1.54) is 45.6 Å². The third-order valence-corrected chi connectivity index (χ3v) is 3.95. The van der Waals surface area contributed by atoms with Crippen molar-refractivity contribution in [1.29, 1.82) is 0 Å². The van der Waals surface area contributed by atoms with E-state index in [0.717, 1.165) is 4.90 Å². The third kappa shape index (κ3) is 6.06. The number of carbonyl (C=O) groups excluding carboxylic acids is 2.